The number of thioether (sulfide) groups is 1. The first-order valence-electron chi connectivity index (χ1n) is 6.64. The third-order valence-corrected chi connectivity index (χ3v) is 4.69. The van der Waals surface area contributed by atoms with Gasteiger partial charge in [-0.1, -0.05) is 28.1 Å². The number of aryl methyl sites for hydroxylation is 1. The van der Waals surface area contributed by atoms with Crippen LogP contribution in [0.2, 0.25) is 0 Å². The van der Waals surface area contributed by atoms with Gasteiger partial charge in [0.15, 0.2) is 0 Å². The van der Waals surface area contributed by atoms with Gasteiger partial charge in [0.1, 0.15) is 5.82 Å². The smallest absolute Gasteiger partial charge is 0.238 e. The van der Waals surface area contributed by atoms with Gasteiger partial charge in [-0.15, -0.1) is 11.8 Å². The number of anilines is 1. The summed E-state index contributed by atoms with van der Waals surface area (Å²) >= 11 is 5.03. The molecule has 2 rings (SSSR count). The van der Waals surface area contributed by atoms with Crippen LogP contribution in [0.5, 0.6) is 0 Å². The fourth-order valence-electron chi connectivity index (χ4n) is 1.71. The standard InChI is InChI=1S/C16H17BrN2OS/c1-11-7-8-18-15(9-11)19-16(20)12(2)21-10-13-3-5-14(17)6-4-13/h3-9,12H,10H2,1-2H3,(H,18,19,20)/t12-/m1/s1. The van der Waals surface area contributed by atoms with Crippen LogP contribution in [0.15, 0.2) is 47.1 Å². The summed E-state index contributed by atoms with van der Waals surface area (Å²) in [5, 5.41) is 2.72. The van der Waals surface area contributed by atoms with Crippen molar-refractivity contribution in [1.29, 1.82) is 0 Å². The molecule has 0 spiro atoms. The van der Waals surface area contributed by atoms with Crippen molar-refractivity contribution in [2.75, 3.05) is 5.32 Å². The van der Waals surface area contributed by atoms with Crippen LogP contribution < -0.4 is 5.32 Å². The van der Waals surface area contributed by atoms with Crippen LogP contribution in [-0.4, -0.2) is 16.1 Å². The van der Waals surface area contributed by atoms with Crippen LogP contribution in [0.25, 0.3) is 0 Å². The Kier molecular flexibility index (Phi) is 5.82. The summed E-state index contributed by atoms with van der Waals surface area (Å²) in [5.74, 6) is 1.40. The molecule has 1 aromatic carbocycles. The summed E-state index contributed by atoms with van der Waals surface area (Å²) in [7, 11) is 0. The zero-order valence-electron chi connectivity index (χ0n) is 12.0. The second-order valence-electron chi connectivity index (χ2n) is 4.79. The monoisotopic (exact) mass is 364 g/mol. The van der Waals surface area contributed by atoms with Gasteiger partial charge in [-0.2, -0.15) is 0 Å². The third-order valence-electron chi connectivity index (χ3n) is 2.95. The van der Waals surface area contributed by atoms with Crippen molar-refractivity contribution < 1.29 is 4.79 Å². The molecule has 1 heterocycles. The normalized spacial score (nSPS) is 12.0. The molecule has 0 saturated carbocycles. The number of amides is 1. The van der Waals surface area contributed by atoms with Crippen LogP contribution in [0.1, 0.15) is 18.1 Å². The summed E-state index contributed by atoms with van der Waals surface area (Å²) < 4.78 is 1.06. The van der Waals surface area contributed by atoms with E-state index in [0.717, 1.165) is 15.8 Å². The van der Waals surface area contributed by atoms with Gasteiger partial charge in [0.2, 0.25) is 5.91 Å². The second kappa shape index (κ2) is 7.61. The molecular weight excluding hydrogens is 348 g/mol. The fourth-order valence-corrected chi connectivity index (χ4v) is 2.82. The van der Waals surface area contributed by atoms with Gasteiger partial charge in [-0.25, -0.2) is 4.98 Å². The average Bonchev–Trinajstić information content (AvgIpc) is 2.46. The first kappa shape index (κ1) is 16.0. The molecule has 5 heteroatoms. The Hall–Kier alpha value is -1.33. The van der Waals surface area contributed by atoms with E-state index < -0.39 is 0 Å². The summed E-state index contributed by atoms with van der Waals surface area (Å²) in [6, 6.07) is 11.9. The first-order valence-corrected chi connectivity index (χ1v) is 8.48. The Bertz CT molecular complexity index is 616. The van der Waals surface area contributed by atoms with Gasteiger partial charge >= 0.3 is 0 Å². The van der Waals surface area contributed by atoms with Crippen molar-refractivity contribution in [3.63, 3.8) is 0 Å². The first-order chi connectivity index (χ1) is 10.0. The highest BCUT2D eigenvalue weighted by atomic mass is 79.9. The van der Waals surface area contributed by atoms with Gasteiger partial charge in [-0.3, -0.25) is 4.79 Å². The van der Waals surface area contributed by atoms with Crippen molar-refractivity contribution in [2.45, 2.75) is 24.9 Å². The summed E-state index contributed by atoms with van der Waals surface area (Å²) in [5.41, 5.74) is 2.28. The number of nitrogens with zero attached hydrogens (tertiary/aromatic N) is 1. The number of rotatable bonds is 5. The molecule has 0 bridgehead atoms. The molecule has 21 heavy (non-hydrogen) atoms. The quantitative estimate of drug-likeness (QED) is 0.853. The molecule has 1 amide bonds. The van der Waals surface area contributed by atoms with Crippen LogP contribution in [-0.2, 0) is 10.5 Å². The van der Waals surface area contributed by atoms with Crippen LogP contribution in [0.3, 0.4) is 0 Å². The van der Waals surface area contributed by atoms with E-state index >= 15 is 0 Å². The molecular formula is C16H17BrN2OS. The number of aromatic nitrogens is 1. The highest BCUT2D eigenvalue weighted by molar-refractivity contribution is 9.10. The fraction of sp³-hybridized carbons (Fsp3) is 0.250. The van der Waals surface area contributed by atoms with Crippen molar-refractivity contribution >= 4 is 39.4 Å². The minimum Gasteiger partial charge on any atom is -0.310 e. The van der Waals surface area contributed by atoms with E-state index in [1.807, 2.05) is 38.1 Å². The SMILES string of the molecule is Cc1ccnc(NC(=O)[C@@H](C)SCc2ccc(Br)cc2)c1. The Morgan fingerprint density at radius 3 is 2.71 bits per heavy atom. The molecule has 0 radical (unpaired) electrons. The van der Waals surface area contributed by atoms with E-state index in [-0.39, 0.29) is 11.2 Å². The molecule has 0 aliphatic rings. The second-order valence-corrected chi connectivity index (χ2v) is 7.03. The van der Waals surface area contributed by atoms with E-state index in [2.05, 4.69) is 38.4 Å². The molecule has 1 atom stereocenters. The maximum atomic E-state index is 12.1. The lowest BCUT2D eigenvalue weighted by Gasteiger charge is -2.12. The predicted molar refractivity (Wildman–Crippen MR) is 92.5 cm³/mol. The number of carbonyl (C=O) groups excluding carboxylic acids is 1. The molecule has 0 fully saturated rings. The van der Waals surface area contributed by atoms with Gasteiger partial charge in [-0.05, 0) is 49.2 Å². The molecule has 3 nitrogen and oxygen atoms in total. The van der Waals surface area contributed by atoms with Crippen molar-refractivity contribution in [3.05, 3.63) is 58.2 Å². The number of pyridine rings is 1. The minimum absolute atomic E-state index is 0.0183. The zero-order valence-corrected chi connectivity index (χ0v) is 14.4. The van der Waals surface area contributed by atoms with Gasteiger partial charge < -0.3 is 5.32 Å². The molecule has 110 valence electrons. The third kappa shape index (κ3) is 5.17. The van der Waals surface area contributed by atoms with Crippen molar-refractivity contribution in [3.8, 4) is 0 Å². The van der Waals surface area contributed by atoms with Gasteiger partial charge in [0.05, 0.1) is 5.25 Å². The molecule has 2 aromatic rings. The highest BCUT2D eigenvalue weighted by Gasteiger charge is 2.14. The molecule has 0 saturated heterocycles. The molecule has 0 unspecified atom stereocenters. The lowest BCUT2D eigenvalue weighted by molar-refractivity contribution is -0.115. The predicted octanol–water partition coefficient (Wildman–Crippen LogP) is 4.41. The lowest BCUT2D eigenvalue weighted by atomic mass is 10.2. The summed E-state index contributed by atoms with van der Waals surface area (Å²) in [4.78, 5) is 16.3. The molecule has 0 aliphatic heterocycles. The Morgan fingerprint density at radius 2 is 2.05 bits per heavy atom. The zero-order chi connectivity index (χ0) is 15.2. The number of hydrogen-bond donors (Lipinski definition) is 1. The van der Waals surface area contributed by atoms with E-state index in [4.69, 9.17) is 0 Å². The van der Waals surface area contributed by atoms with Crippen LogP contribution >= 0.6 is 27.7 Å². The Balaban J connectivity index is 1.86. The minimum atomic E-state index is -0.129. The van der Waals surface area contributed by atoms with E-state index in [0.29, 0.717) is 5.82 Å². The topological polar surface area (TPSA) is 42.0 Å². The van der Waals surface area contributed by atoms with E-state index in [9.17, 15) is 4.79 Å². The van der Waals surface area contributed by atoms with E-state index in [1.165, 1.54) is 5.56 Å². The molecule has 1 N–H and O–H groups in total. The van der Waals surface area contributed by atoms with Gasteiger partial charge in [0, 0.05) is 16.4 Å². The lowest BCUT2D eigenvalue weighted by Crippen LogP contribution is -2.23. The molecule has 0 aliphatic carbocycles. The number of hydrogen-bond acceptors (Lipinski definition) is 3. The maximum absolute atomic E-state index is 12.1. The van der Waals surface area contributed by atoms with Crippen LogP contribution in [0, 0.1) is 6.92 Å². The Labute approximate surface area is 137 Å². The summed E-state index contributed by atoms with van der Waals surface area (Å²) in [6.07, 6.45) is 1.70. The number of halogens is 1. The van der Waals surface area contributed by atoms with E-state index in [1.54, 1.807) is 18.0 Å². The number of benzene rings is 1. The van der Waals surface area contributed by atoms with Crippen molar-refractivity contribution in [2.24, 2.45) is 0 Å². The number of carbonyl (C=O) groups is 1. The molecule has 1 aromatic heterocycles. The average molecular weight is 365 g/mol. The van der Waals surface area contributed by atoms with Crippen molar-refractivity contribution in [1.82, 2.24) is 4.98 Å². The summed E-state index contributed by atoms with van der Waals surface area (Å²) in [6.45, 7) is 3.89. The largest absolute Gasteiger partial charge is 0.310 e. The highest BCUT2D eigenvalue weighted by Crippen LogP contribution is 2.20. The number of nitrogens with one attached hydrogen (secondary N) is 1. The Morgan fingerprint density at radius 1 is 1.33 bits per heavy atom. The maximum Gasteiger partial charge on any atom is 0.238 e. The van der Waals surface area contributed by atoms with Gasteiger partial charge in [0.25, 0.3) is 0 Å². The van der Waals surface area contributed by atoms with Crippen LogP contribution in [0.4, 0.5) is 5.82 Å².